The monoisotopic (exact) mass is 263 g/mol. The first kappa shape index (κ1) is 11.6. The molecule has 0 radical (unpaired) electrons. The lowest BCUT2D eigenvalue weighted by Gasteiger charge is -2.17. The number of aliphatic carboxylic acids is 1. The molecule has 0 spiro atoms. The number of rotatable bonds is 4. The topological polar surface area (TPSA) is 96.5 Å². The van der Waals surface area contributed by atoms with Crippen LogP contribution in [0.2, 0.25) is 0 Å². The SMILES string of the molecule is O=C(O)CCNc1nc2cc3c(cc2[nH]1)OCCO3. The van der Waals surface area contributed by atoms with Crippen LogP contribution in [0.3, 0.4) is 0 Å². The third kappa shape index (κ3) is 2.40. The number of nitrogens with zero attached hydrogens (tertiary/aromatic N) is 1. The van der Waals surface area contributed by atoms with Gasteiger partial charge in [0.25, 0.3) is 0 Å². The predicted molar refractivity (Wildman–Crippen MR) is 67.8 cm³/mol. The van der Waals surface area contributed by atoms with Gasteiger partial charge in [-0.15, -0.1) is 0 Å². The highest BCUT2D eigenvalue weighted by molar-refractivity contribution is 5.81. The minimum absolute atomic E-state index is 0.0414. The van der Waals surface area contributed by atoms with Crippen LogP contribution in [0.15, 0.2) is 12.1 Å². The molecule has 1 aromatic heterocycles. The van der Waals surface area contributed by atoms with Crippen molar-refractivity contribution in [2.75, 3.05) is 25.1 Å². The number of hydrogen-bond acceptors (Lipinski definition) is 5. The van der Waals surface area contributed by atoms with Gasteiger partial charge in [0.05, 0.1) is 17.5 Å². The van der Waals surface area contributed by atoms with Crippen LogP contribution in [0.4, 0.5) is 5.95 Å². The van der Waals surface area contributed by atoms with Crippen LogP contribution >= 0.6 is 0 Å². The number of aromatic amines is 1. The number of anilines is 1. The van der Waals surface area contributed by atoms with Gasteiger partial charge in [0.2, 0.25) is 5.95 Å². The van der Waals surface area contributed by atoms with Gasteiger partial charge in [-0.05, 0) is 0 Å². The van der Waals surface area contributed by atoms with Crippen molar-refractivity contribution in [2.45, 2.75) is 6.42 Å². The summed E-state index contributed by atoms with van der Waals surface area (Å²) < 4.78 is 11.0. The Balaban J connectivity index is 1.82. The number of benzene rings is 1. The van der Waals surface area contributed by atoms with Crippen molar-refractivity contribution >= 4 is 23.0 Å². The van der Waals surface area contributed by atoms with Gasteiger partial charge in [-0.25, -0.2) is 4.98 Å². The van der Waals surface area contributed by atoms with Crippen LogP contribution in [0, 0.1) is 0 Å². The second-order valence-electron chi connectivity index (χ2n) is 4.17. The lowest BCUT2D eigenvalue weighted by atomic mass is 10.2. The van der Waals surface area contributed by atoms with E-state index in [-0.39, 0.29) is 6.42 Å². The Labute approximate surface area is 108 Å². The van der Waals surface area contributed by atoms with Gasteiger partial charge in [-0.1, -0.05) is 0 Å². The summed E-state index contributed by atoms with van der Waals surface area (Å²) in [4.78, 5) is 17.8. The van der Waals surface area contributed by atoms with Crippen LogP contribution in [0.1, 0.15) is 6.42 Å². The summed E-state index contributed by atoms with van der Waals surface area (Å²) in [6.45, 7) is 1.39. The predicted octanol–water partition coefficient (Wildman–Crippen LogP) is 1.22. The molecule has 3 N–H and O–H groups in total. The molecule has 1 aliphatic rings. The maximum Gasteiger partial charge on any atom is 0.305 e. The van der Waals surface area contributed by atoms with E-state index in [0.29, 0.717) is 37.2 Å². The molecular formula is C12H13N3O4. The van der Waals surface area contributed by atoms with E-state index in [1.54, 1.807) is 0 Å². The molecular weight excluding hydrogens is 250 g/mol. The van der Waals surface area contributed by atoms with E-state index in [9.17, 15) is 4.79 Å². The number of imidazole rings is 1. The Bertz CT molecular complexity index is 580. The van der Waals surface area contributed by atoms with E-state index in [1.165, 1.54) is 0 Å². The summed E-state index contributed by atoms with van der Waals surface area (Å²) in [5.74, 6) is 1.07. The molecule has 3 rings (SSSR count). The van der Waals surface area contributed by atoms with Gasteiger partial charge in [-0.3, -0.25) is 4.79 Å². The molecule has 0 atom stereocenters. The standard InChI is InChI=1S/C12H13N3O4/c16-11(17)1-2-13-12-14-7-5-9-10(6-8(7)15-12)19-4-3-18-9/h5-6H,1-4H2,(H,16,17)(H2,13,14,15). The molecule has 19 heavy (non-hydrogen) atoms. The van der Waals surface area contributed by atoms with Gasteiger partial charge in [0.1, 0.15) is 13.2 Å². The number of carboxylic acid groups (broad SMARTS) is 1. The highest BCUT2D eigenvalue weighted by atomic mass is 16.6. The Morgan fingerprint density at radius 2 is 2.11 bits per heavy atom. The summed E-state index contributed by atoms with van der Waals surface area (Å²) in [5.41, 5.74) is 1.57. The van der Waals surface area contributed by atoms with Crippen molar-refractivity contribution in [3.05, 3.63) is 12.1 Å². The van der Waals surface area contributed by atoms with E-state index >= 15 is 0 Å². The van der Waals surface area contributed by atoms with Crippen LogP contribution < -0.4 is 14.8 Å². The summed E-state index contributed by atoms with van der Waals surface area (Å²) >= 11 is 0. The first-order valence-electron chi connectivity index (χ1n) is 5.97. The third-order valence-corrected chi connectivity index (χ3v) is 2.78. The van der Waals surface area contributed by atoms with E-state index in [0.717, 1.165) is 11.0 Å². The molecule has 0 aliphatic carbocycles. The fourth-order valence-electron chi connectivity index (χ4n) is 1.92. The van der Waals surface area contributed by atoms with Crippen LogP contribution in [-0.4, -0.2) is 40.8 Å². The molecule has 2 aromatic rings. The summed E-state index contributed by atoms with van der Waals surface area (Å²) in [7, 11) is 0. The van der Waals surface area contributed by atoms with E-state index in [4.69, 9.17) is 14.6 Å². The lowest BCUT2D eigenvalue weighted by Crippen LogP contribution is -2.15. The Kier molecular flexibility index (Phi) is 2.86. The first-order chi connectivity index (χ1) is 9.22. The Morgan fingerprint density at radius 1 is 1.37 bits per heavy atom. The summed E-state index contributed by atoms with van der Waals surface area (Å²) in [6.07, 6.45) is 0.0414. The molecule has 0 saturated heterocycles. The molecule has 0 unspecified atom stereocenters. The third-order valence-electron chi connectivity index (χ3n) is 2.78. The smallest absolute Gasteiger partial charge is 0.305 e. The number of hydrogen-bond donors (Lipinski definition) is 3. The fraction of sp³-hybridized carbons (Fsp3) is 0.333. The van der Waals surface area contributed by atoms with Gasteiger partial charge in [0.15, 0.2) is 11.5 Å². The van der Waals surface area contributed by atoms with Crippen molar-refractivity contribution in [3.8, 4) is 11.5 Å². The summed E-state index contributed by atoms with van der Waals surface area (Å²) in [5, 5.41) is 11.5. The summed E-state index contributed by atoms with van der Waals surface area (Å²) in [6, 6.07) is 3.64. The van der Waals surface area contributed by atoms with E-state index in [2.05, 4.69) is 15.3 Å². The maximum atomic E-state index is 10.4. The van der Waals surface area contributed by atoms with E-state index in [1.807, 2.05) is 12.1 Å². The maximum absolute atomic E-state index is 10.4. The minimum atomic E-state index is -0.846. The lowest BCUT2D eigenvalue weighted by molar-refractivity contribution is -0.136. The van der Waals surface area contributed by atoms with Crippen molar-refractivity contribution < 1.29 is 19.4 Å². The molecule has 0 amide bonds. The molecule has 0 saturated carbocycles. The van der Waals surface area contributed by atoms with Gasteiger partial charge in [-0.2, -0.15) is 0 Å². The van der Waals surface area contributed by atoms with Gasteiger partial charge in [0, 0.05) is 18.7 Å². The Hall–Kier alpha value is -2.44. The Morgan fingerprint density at radius 3 is 2.84 bits per heavy atom. The number of carbonyl (C=O) groups is 1. The average Bonchev–Trinajstić information content (AvgIpc) is 2.77. The number of aromatic nitrogens is 2. The largest absolute Gasteiger partial charge is 0.486 e. The number of fused-ring (bicyclic) bond motifs is 2. The second-order valence-corrected chi connectivity index (χ2v) is 4.17. The molecule has 100 valence electrons. The van der Waals surface area contributed by atoms with Crippen molar-refractivity contribution in [3.63, 3.8) is 0 Å². The van der Waals surface area contributed by atoms with Crippen molar-refractivity contribution in [2.24, 2.45) is 0 Å². The van der Waals surface area contributed by atoms with Crippen molar-refractivity contribution in [1.82, 2.24) is 9.97 Å². The zero-order valence-corrected chi connectivity index (χ0v) is 10.1. The molecule has 2 heterocycles. The highest BCUT2D eigenvalue weighted by Gasteiger charge is 2.14. The zero-order chi connectivity index (χ0) is 13.2. The van der Waals surface area contributed by atoms with Gasteiger partial charge >= 0.3 is 5.97 Å². The quantitative estimate of drug-likeness (QED) is 0.767. The molecule has 7 nitrogen and oxygen atoms in total. The van der Waals surface area contributed by atoms with Crippen LogP contribution in [0.25, 0.3) is 11.0 Å². The molecule has 1 aromatic carbocycles. The fourth-order valence-corrected chi connectivity index (χ4v) is 1.92. The van der Waals surface area contributed by atoms with Gasteiger partial charge < -0.3 is 24.9 Å². The molecule has 7 heteroatoms. The molecule has 1 aliphatic heterocycles. The zero-order valence-electron chi connectivity index (χ0n) is 10.1. The number of carboxylic acids is 1. The highest BCUT2D eigenvalue weighted by Crippen LogP contribution is 2.34. The molecule has 0 fully saturated rings. The number of nitrogens with one attached hydrogen (secondary N) is 2. The average molecular weight is 263 g/mol. The normalized spacial score (nSPS) is 13.5. The second kappa shape index (κ2) is 4.68. The van der Waals surface area contributed by atoms with Crippen LogP contribution in [-0.2, 0) is 4.79 Å². The number of H-pyrrole nitrogens is 1. The minimum Gasteiger partial charge on any atom is -0.486 e. The number of ether oxygens (including phenoxy) is 2. The molecule has 0 bridgehead atoms. The van der Waals surface area contributed by atoms with E-state index < -0.39 is 5.97 Å². The van der Waals surface area contributed by atoms with Crippen molar-refractivity contribution in [1.29, 1.82) is 0 Å². The first-order valence-corrected chi connectivity index (χ1v) is 5.97. The van der Waals surface area contributed by atoms with Crippen LogP contribution in [0.5, 0.6) is 11.5 Å².